The summed E-state index contributed by atoms with van der Waals surface area (Å²) < 4.78 is 74.3. The number of nitrogens with one attached hydrogen (secondary N) is 1. The van der Waals surface area contributed by atoms with E-state index in [9.17, 15) is 92.4 Å². The van der Waals surface area contributed by atoms with E-state index in [1.807, 2.05) is 18.7 Å². The third kappa shape index (κ3) is 23.9. The lowest BCUT2D eigenvalue weighted by Gasteiger charge is -2.39. The van der Waals surface area contributed by atoms with Crippen LogP contribution in [0, 0.1) is 13.8 Å². The van der Waals surface area contributed by atoms with Crippen molar-refractivity contribution in [1.82, 2.24) is 29.8 Å². The third-order valence-electron chi connectivity index (χ3n) is 24.0. The molecule has 26 nitrogen and oxygen atoms in total. The quantitative estimate of drug-likeness (QED) is 0.0581. The first-order chi connectivity index (χ1) is 65.9. The maximum Gasteiger partial charge on any atom is 0.223 e. The number of piperazine rings is 1. The zero-order chi connectivity index (χ0) is 99.6. The second kappa shape index (κ2) is 45.4. The van der Waals surface area contributed by atoms with Gasteiger partial charge >= 0.3 is 0 Å². The van der Waals surface area contributed by atoms with Crippen molar-refractivity contribution in [2.24, 2.45) is 0 Å². The number of sulfone groups is 3. The third-order valence-corrected chi connectivity index (χ3v) is 30.5. The lowest BCUT2D eigenvalue weighted by molar-refractivity contribution is -0.126. The summed E-state index contributed by atoms with van der Waals surface area (Å²) in [5.41, 5.74) is 9.17. The van der Waals surface area contributed by atoms with Crippen molar-refractivity contribution in [3.05, 3.63) is 395 Å². The number of nitrogens with zero attached hydrogens (tertiary/aromatic N) is 5. The molecule has 2 amide bonds. The second-order valence-electron chi connectivity index (χ2n) is 33.2. The Labute approximate surface area is 805 Å². The number of likely N-dealkylation sites (N-methyl/N-ethyl adjacent to an activating group) is 3. The number of hydrogen-bond donors (Lipinski definition) is 1. The molecule has 7 aliphatic rings. The standard InChI is InChI=1S/C20H27N3O3.C19H23N3O3.C19H16O2.C18H14O4S.C17H12O4S.C15H10O4S2/c1-5-23(6-2)13-9-12-21-17-18(22(4)14(3)24)20(26)16-11-8-7-10-15(16)19(17)25;1-4-21-9-11-22(12-10-21)17-16(20(3)13(2)23)18(24)14-7-5-6-8-15(14)19(17)25;1-13-6-8-14(9-7-13)10-11-15-12-18(20)16-4-2-3-5-17(16)19(15)21;1-12-6-8-14(9-7-12)23(21,22)11-13-10-17(19)15-4-2-3-5-16(15)18(13)20;18-16-10-12(17(19)15-9-5-4-8-14(15)16)11-22(20,21)13-6-2-1-3-7-13;16-13-8-10(9-21(18,19)14-6-3-7-20-14)15(17)12-5-2-1-4-11(12)13/h7-8,10-11,21H,5-6,9,12-13H2,1-4H3;5-8H,4,9-12H2,1-3H3;2-9,12H,10-11H2,1H3;2-10H,11H2,1H3;1-10H,11H2;1-8H,9H2. The summed E-state index contributed by atoms with van der Waals surface area (Å²) in [5, 5.41) is 4.78. The molecule has 6 aliphatic carbocycles. The van der Waals surface area contributed by atoms with E-state index in [0.717, 1.165) is 87.2 Å². The number of ketones is 12. The van der Waals surface area contributed by atoms with Gasteiger partial charge in [-0.1, -0.05) is 238 Å². The SMILES string of the molecule is CCN(CC)CCCNC1=C(N(C)C(C)=O)C(=O)c2ccccc2C1=O.CCN1CCN(C2=C(N(C)C(C)=O)C(=O)c3ccccc3C2=O)CC1.Cc1ccc(CCC2=CC(=O)c3ccccc3C2=O)cc1.Cc1ccc(S(=O)(=O)CC2=CC(=O)c3ccccc3C2=O)cc1.O=C1C=C(CS(=O)(=O)c2ccccc2)C(=O)c2ccccc21.O=C1C=C(CS(=O)(=O)c2cccs2)C(=O)c2ccccc21. The Morgan fingerprint density at radius 1 is 0.362 bits per heavy atom. The number of rotatable bonds is 23. The summed E-state index contributed by atoms with van der Waals surface area (Å²) >= 11 is 1.09. The van der Waals surface area contributed by atoms with Crippen molar-refractivity contribution in [3.63, 3.8) is 0 Å². The van der Waals surface area contributed by atoms with Gasteiger partial charge in [0.05, 0.1) is 27.0 Å². The first-order valence-corrected chi connectivity index (χ1v) is 50.4. The molecule has 10 aromatic rings. The van der Waals surface area contributed by atoms with Gasteiger partial charge in [-0.15, -0.1) is 11.3 Å². The highest BCUT2D eigenvalue weighted by Crippen LogP contribution is 2.35. The maximum atomic E-state index is 13.1. The molecule has 1 aromatic heterocycles. The summed E-state index contributed by atoms with van der Waals surface area (Å²) in [6.07, 6.45) is 7.11. The van der Waals surface area contributed by atoms with Gasteiger partial charge < -0.3 is 29.8 Å². The van der Waals surface area contributed by atoms with Crippen LogP contribution >= 0.6 is 11.3 Å². The fourth-order valence-corrected chi connectivity index (χ4v) is 21.3. The molecule has 0 saturated carbocycles. The molecule has 0 radical (unpaired) electrons. The molecule has 1 N–H and O–H groups in total. The minimum atomic E-state index is -3.68. The van der Waals surface area contributed by atoms with E-state index in [1.54, 1.807) is 188 Å². The smallest absolute Gasteiger partial charge is 0.223 e. The van der Waals surface area contributed by atoms with E-state index in [2.05, 4.69) is 60.2 Å². The number of amides is 2. The number of thiophene rings is 1. The number of fused-ring (bicyclic) bond motifs is 6. The minimum absolute atomic E-state index is 0.00699. The summed E-state index contributed by atoms with van der Waals surface area (Å²) in [6.45, 7) is 20.4. The van der Waals surface area contributed by atoms with Gasteiger partial charge in [-0.05, 0) is 125 Å². The Hall–Kier alpha value is -14.5. The van der Waals surface area contributed by atoms with Crippen molar-refractivity contribution in [2.45, 2.75) is 81.7 Å². The van der Waals surface area contributed by atoms with Crippen LogP contribution in [0.15, 0.2) is 325 Å². The van der Waals surface area contributed by atoms with Crippen LogP contribution in [0.1, 0.15) is 188 Å². The zero-order valence-electron chi connectivity index (χ0n) is 77.5. The van der Waals surface area contributed by atoms with E-state index >= 15 is 0 Å². The molecule has 0 atom stereocenters. The van der Waals surface area contributed by atoms with E-state index in [4.69, 9.17) is 0 Å². The highest BCUT2D eigenvalue weighted by molar-refractivity contribution is 7.93. The number of carbonyl (C=O) groups is 14. The summed E-state index contributed by atoms with van der Waals surface area (Å²) in [6, 6.07) is 65.6. The Kier molecular flexibility index (Phi) is 33.7. The summed E-state index contributed by atoms with van der Waals surface area (Å²) in [5.74, 6) is -5.25. The molecule has 708 valence electrons. The van der Waals surface area contributed by atoms with Gasteiger partial charge in [-0.25, -0.2) is 25.3 Å². The molecule has 17 rings (SSSR count). The molecule has 138 heavy (non-hydrogen) atoms. The Bertz CT molecular complexity index is 7120. The number of allylic oxidation sites excluding steroid dienone is 9. The minimum Gasteiger partial charge on any atom is -0.380 e. The van der Waals surface area contributed by atoms with Crippen LogP contribution < -0.4 is 5.32 Å². The molecular weight excluding hydrogens is 1830 g/mol. The van der Waals surface area contributed by atoms with Gasteiger partial charge in [0.2, 0.25) is 34.9 Å². The van der Waals surface area contributed by atoms with Crippen LogP contribution in [0.2, 0.25) is 0 Å². The van der Waals surface area contributed by atoms with Crippen molar-refractivity contribution >= 4 is 122 Å². The first kappa shape index (κ1) is 102. The fourth-order valence-electron chi connectivity index (χ4n) is 16.1. The van der Waals surface area contributed by atoms with Crippen molar-refractivity contribution in [1.29, 1.82) is 0 Å². The summed E-state index contributed by atoms with van der Waals surface area (Å²) in [4.78, 5) is 183. The lowest BCUT2D eigenvalue weighted by Crippen LogP contribution is -2.49. The van der Waals surface area contributed by atoms with E-state index in [1.165, 1.54) is 84.3 Å². The maximum absolute atomic E-state index is 13.1. The first-order valence-electron chi connectivity index (χ1n) is 44.6. The second-order valence-corrected chi connectivity index (χ2v) is 40.3. The molecule has 0 unspecified atom stereocenters. The number of carbonyl (C=O) groups excluding carboxylic acids is 14. The highest BCUT2D eigenvalue weighted by Gasteiger charge is 2.41. The van der Waals surface area contributed by atoms with Gasteiger partial charge in [0.25, 0.3) is 0 Å². The number of hydrogen-bond acceptors (Lipinski definition) is 25. The molecule has 9 aromatic carbocycles. The molecule has 2 heterocycles. The van der Waals surface area contributed by atoms with Gasteiger partial charge in [-0.3, -0.25) is 67.1 Å². The average Bonchev–Trinajstić information content (AvgIpc) is 0.953. The number of benzene rings is 9. The summed E-state index contributed by atoms with van der Waals surface area (Å²) in [7, 11) is -7.86. The van der Waals surface area contributed by atoms with Crippen molar-refractivity contribution in [3.8, 4) is 0 Å². The monoisotopic (exact) mass is 1930 g/mol. The van der Waals surface area contributed by atoms with Gasteiger partial charge in [0, 0.05) is 150 Å². The normalized spacial score (nSPS) is 15.0. The van der Waals surface area contributed by atoms with E-state index in [-0.39, 0.29) is 128 Å². The Balaban J connectivity index is 0.000000149. The molecule has 0 spiro atoms. The predicted octanol–water partition coefficient (Wildman–Crippen LogP) is 15.2. The molecular formula is C108H102N6O20S4. The highest BCUT2D eigenvalue weighted by atomic mass is 32.2. The van der Waals surface area contributed by atoms with Crippen molar-refractivity contribution in [2.75, 3.05) is 90.3 Å². The van der Waals surface area contributed by atoms with Crippen LogP contribution in [0.4, 0.5) is 0 Å². The average molecular weight is 1930 g/mol. The molecule has 1 fully saturated rings. The van der Waals surface area contributed by atoms with Crippen LogP contribution in [-0.2, 0) is 45.5 Å². The Morgan fingerprint density at radius 2 is 0.703 bits per heavy atom. The van der Waals surface area contributed by atoms with Gasteiger partial charge in [0.15, 0.2) is 75.8 Å². The van der Waals surface area contributed by atoms with Crippen LogP contribution in [0.25, 0.3) is 0 Å². The Morgan fingerprint density at radius 3 is 1.09 bits per heavy atom. The number of Topliss-reactive ketones (excluding diaryl/α,β-unsaturated/α-hetero) is 8. The van der Waals surface area contributed by atoms with Gasteiger partial charge in [0.1, 0.15) is 27.0 Å². The van der Waals surface area contributed by atoms with E-state index in [0.29, 0.717) is 87.4 Å². The fraction of sp³-hybridized carbons (Fsp3) is 0.222. The molecule has 1 aliphatic heterocycles. The lowest BCUT2D eigenvalue weighted by atomic mass is 9.87. The largest absolute Gasteiger partial charge is 0.380 e. The van der Waals surface area contributed by atoms with Gasteiger partial charge in [-0.2, -0.15) is 0 Å². The zero-order valence-corrected chi connectivity index (χ0v) is 80.8. The topological polar surface area (TPSA) is 370 Å². The molecule has 30 heteroatoms. The molecule has 1 saturated heterocycles. The van der Waals surface area contributed by atoms with E-state index < -0.39 is 64.1 Å². The predicted molar refractivity (Wildman–Crippen MR) is 526 cm³/mol. The van der Waals surface area contributed by atoms with Crippen molar-refractivity contribution < 1.29 is 92.4 Å². The van der Waals surface area contributed by atoms with Crippen LogP contribution in [0.5, 0.6) is 0 Å². The van der Waals surface area contributed by atoms with Crippen LogP contribution in [0.3, 0.4) is 0 Å². The number of aryl methyl sites for hydroxylation is 3. The van der Waals surface area contributed by atoms with Crippen LogP contribution in [-0.4, -0.2) is 221 Å². The molecule has 0 bridgehead atoms.